The molecule has 5 heteroatoms. The molecular weight excluding hydrogens is 222 g/mol. The maximum atomic E-state index is 11.1. The van der Waals surface area contributed by atoms with Gasteiger partial charge in [0.05, 0.1) is 11.0 Å². The largest absolute Gasteiger partial charge is 0.323 e. The van der Waals surface area contributed by atoms with Crippen LogP contribution in [-0.2, 0) is 6.54 Å². The highest BCUT2D eigenvalue weighted by Crippen LogP contribution is 2.09. The highest BCUT2D eigenvalue weighted by atomic mass is 32.1. The average molecular weight is 237 g/mol. The third-order valence-electron chi connectivity index (χ3n) is 2.42. The molecule has 0 aliphatic rings. The second kappa shape index (κ2) is 5.23. The number of hydrogen-bond donors (Lipinski definition) is 4. The Labute approximate surface area is 98.9 Å². The summed E-state index contributed by atoms with van der Waals surface area (Å²) < 4.78 is 0. The summed E-state index contributed by atoms with van der Waals surface area (Å²) in [4.78, 5) is 16.5. The Balaban J connectivity index is 2.04. The van der Waals surface area contributed by atoms with Crippen molar-refractivity contribution in [3.8, 4) is 0 Å². The van der Waals surface area contributed by atoms with Gasteiger partial charge in [-0.2, -0.15) is 12.6 Å². The molecule has 0 saturated carbocycles. The van der Waals surface area contributed by atoms with E-state index in [1.165, 1.54) is 5.56 Å². The number of H-pyrrole nitrogens is 2. The Morgan fingerprint density at radius 3 is 2.88 bits per heavy atom. The van der Waals surface area contributed by atoms with Gasteiger partial charge < -0.3 is 15.3 Å². The SMILES string of the molecule is O=c1[nH]c2ccc(CNCCCS)cc2[nH]1. The molecule has 0 aliphatic carbocycles. The fraction of sp³-hybridized carbons (Fsp3) is 0.364. The molecule has 0 fully saturated rings. The fourth-order valence-electron chi connectivity index (χ4n) is 1.63. The van der Waals surface area contributed by atoms with E-state index < -0.39 is 0 Å². The van der Waals surface area contributed by atoms with Crippen LogP contribution in [-0.4, -0.2) is 22.3 Å². The summed E-state index contributed by atoms with van der Waals surface area (Å²) in [6.45, 7) is 1.78. The summed E-state index contributed by atoms with van der Waals surface area (Å²) >= 11 is 4.15. The van der Waals surface area contributed by atoms with E-state index in [9.17, 15) is 4.79 Å². The number of benzene rings is 1. The normalized spacial score (nSPS) is 11.1. The predicted octanol–water partition coefficient (Wildman–Crippen LogP) is 1.27. The lowest BCUT2D eigenvalue weighted by Crippen LogP contribution is -2.14. The van der Waals surface area contributed by atoms with Crippen molar-refractivity contribution in [2.75, 3.05) is 12.3 Å². The molecule has 0 atom stereocenters. The highest BCUT2D eigenvalue weighted by Gasteiger charge is 1.99. The van der Waals surface area contributed by atoms with E-state index in [0.717, 1.165) is 36.3 Å². The number of rotatable bonds is 5. The smallest absolute Gasteiger partial charge is 0.313 e. The number of aromatic nitrogens is 2. The number of aromatic amines is 2. The Kier molecular flexibility index (Phi) is 3.69. The number of nitrogens with one attached hydrogen (secondary N) is 3. The van der Waals surface area contributed by atoms with Crippen LogP contribution in [0, 0.1) is 0 Å². The molecule has 0 bridgehead atoms. The van der Waals surface area contributed by atoms with Gasteiger partial charge in [-0.1, -0.05) is 6.07 Å². The van der Waals surface area contributed by atoms with Crippen LogP contribution in [0.25, 0.3) is 11.0 Å². The summed E-state index contributed by atoms with van der Waals surface area (Å²) in [5, 5.41) is 3.32. The van der Waals surface area contributed by atoms with Crippen molar-refractivity contribution in [3.05, 3.63) is 34.2 Å². The van der Waals surface area contributed by atoms with Gasteiger partial charge in [0.15, 0.2) is 0 Å². The van der Waals surface area contributed by atoms with E-state index in [0.29, 0.717) is 0 Å². The molecule has 4 nitrogen and oxygen atoms in total. The van der Waals surface area contributed by atoms with Crippen molar-refractivity contribution in [2.24, 2.45) is 0 Å². The van der Waals surface area contributed by atoms with Crippen LogP contribution < -0.4 is 11.0 Å². The quantitative estimate of drug-likeness (QED) is 0.467. The molecule has 3 N–H and O–H groups in total. The van der Waals surface area contributed by atoms with E-state index in [4.69, 9.17) is 0 Å². The zero-order valence-electron chi connectivity index (χ0n) is 8.92. The molecule has 0 spiro atoms. The topological polar surface area (TPSA) is 60.7 Å². The average Bonchev–Trinajstić information content (AvgIpc) is 2.64. The molecule has 2 aromatic rings. The zero-order valence-corrected chi connectivity index (χ0v) is 9.81. The Morgan fingerprint density at radius 2 is 2.06 bits per heavy atom. The van der Waals surface area contributed by atoms with E-state index in [1.807, 2.05) is 18.2 Å². The minimum absolute atomic E-state index is 0.157. The van der Waals surface area contributed by atoms with Crippen molar-refractivity contribution in [1.82, 2.24) is 15.3 Å². The van der Waals surface area contributed by atoms with Crippen LogP contribution in [0.5, 0.6) is 0 Å². The molecule has 86 valence electrons. The fourth-order valence-corrected chi connectivity index (χ4v) is 1.78. The Bertz CT molecular complexity index is 517. The lowest BCUT2D eigenvalue weighted by Gasteiger charge is -2.03. The Morgan fingerprint density at radius 1 is 1.25 bits per heavy atom. The first kappa shape index (κ1) is 11.3. The van der Waals surface area contributed by atoms with Crippen LogP contribution in [0.1, 0.15) is 12.0 Å². The summed E-state index contributed by atoms with van der Waals surface area (Å²) in [6.07, 6.45) is 1.06. The standard InChI is InChI=1S/C11H15N3OS/c15-11-13-9-3-2-8(6-10(9)14-11)7-12-4-1-5-16/h2-3,6,12,16H,1,4-5,7H2,(H2,13,14,15). The second-order valence-electron chi connectivity index (χ2n) is 3.71. The van der Waals surface area contributed by atoms with E-state index in [1.54, 1.807) is 0 Å². The maximum absolute atomic E-state index is 11.1. The third-order valence-corrected chi connectivity index (χ3v) is 2.74. The molecular formula is C11H15N3OS. The van der Waals surface area contributed by atoms with Crippen molar-refractivity contribution in [1.29, 1.82) is 0 Å². The molecule has 16 heavy (non-hydrogen) atoms. The van der Waals surface area contributed by atoms with Crippen molar-refractivity contribution in [3.63, 3.8) is 0 Å². The summed E-state index contributed by atoms with van der Waals surface area (Å²) in [5.74, 6) is 0.900. The lowest BCUT2D eigenvalue weighted by molar-refractivity contribution is 0.680. The van der Waals surface area contributed by atoms with Crippen LogP contribution in [0.3, 0.4) is 0 Å². The van der Waals surface area contributed by atoms with Gasteiger partial charge in [-0.05, 0) is 36.4 Å². The van der Waals surface area contributed by atoms with Gasteiger partial charge >= 0.3 is 5.69 Å². The van der Waals surface area contributed by atoms with Crippen LogP contribution >= 0.6 is 12.6 Å². The van der Waals surface area contributed by atoms with Crippen molar-refractivity contribution >= 4 is 23.7 Å². The van der Waals surface area contributed by atoms with Gasteiger partial charge in [0.2, 0.25) is 0 Å². The molecule has 1 aromatic heterocycles. The maximum Gasteiger partial charge on any atom is 0.323 e. The van der Waals surface area contributed by atoms with Crippen molar-refractivity contribution in [2.45, 2.75) is 13.0 Å². The first-order valence-electron chi connectivity index (χ1n) is 5.32. The molecule has 1 heterocycles. The number of thiol groups is 1. The molecule has 0 radical (unpaired) electrons. The van der Waals surface area contributed by atoms with Gasteiger partial charge in [0, 0.05) is 6.54 Å². The molecule has 0 aliphatic heterocycles. The molecule has 0 amide bonds. The van der Waals surface area contributed by atoms with E-state index >= 15 is 0 Å². The van der Waals surface area contributed by atoms with E-state index in [-0.39, 0.29) is 5.69 Å². The number of fused-ring (bicyclic) bond motifs is 1. The molecule has 0 saturated heterocycles. The monoisotopic (exact) mass is 237 g/mol. The first-order chi connectivity index (χ1) is 7.79. The predicted molar refractivity (Wildman–Crippen MR) is 69.1 cm³/mol. The first-order valence-corrected chi connectivity index (χ1v) is 5.95. The molecule has 2 rings (SSSR count). The van der Waals surface area contributed by atoms with Gasteiger partial charge in [0.25, 0.3) is 0 Å². The minimum Gasteiger partial charge on any atom is -0.313 e. The number of hydrogen-bond acceptors (Lipinski definition) is 3. The molecule has 1 aromatic carbocycles. The van der Waals surface area contributed by atoms with Gasteiger partial charge in [0.1, 0.15) is 0 Å². The zero-order chi connectivity index (χ0) is 11.4. The third kappa shape index (κ3) is 2.68. The van der Waals surface area contributed by atoms with Crippen molar-refractivity contribution < 1.29 is 0 Å². The van der Waals surface area contributed by atoms with Crippen LogP contribution in [0.4, 0.5) is 0 Å². The van der Waals surface area contributed by atoms with Gasteiger partial charge in [-0.3, -0.25) is 0 Å². The minimum atomic E-state index is -0.157. The van der Waals surface area contributed by atoms with E-state index in [2.05, 4.69) is 27.9 Å². The second-order valence-corrected chi connectivity index (χ2v) is 4.16. The summed E-state index contributed by atoms with van der Waals surface area (Å²) in [6, 6.07) is 5.92. The number of imidazole rings is 1. The summed E-state index contributed by atoms with van der Waals surface area (Å²) in [7, 11) is 0. The lowest BCUT2D eigenvalue weighted by atomic mass is 10.2. The van der Waals surface area contributed by atoms with Gasteiger partial charge in [-0.25, -0.2) is 4.79 Å². The highest BCUT2D eigenvalue weighted by molar-refractivity contribution is 7.80. The van der Waals surface area contributed by atoms with Crippen LogP contribution in [0.15, 0.2) is 23.0 Å². The summed E-state index contributed by atoms with van der Waals surface area (Å²) in [5.41, 5.74) is 2.72. The molecule has 0 unspecified atom stereocenters. The Hall–Kier alpha value is -1.20. The van der Waals surface area contributed by atoms with Gasteiger partial charge in [-0.15, -0.1) is 0 Å². The van der Waals surface area contributed by atoms with Crippen LogP contribution in [0.2, 0.25) is 0 Å².